The van der Waals surface area contributed by atoms with E-state index in [0.29, 0.717) is 29.2 Å². The molecule has 10 nitrogen and oxygen atoms in total. The molecule has 0 aromatic carbocycles. The number of nitrogens with zero attached hydrogens (tertiary/aromatic N) is 4. The number of azide groups is 1. The molecule has 1 unspecified atom stereocenters. The summed E-state index contributed by atoms with van der Waals surface area (Å²) in [5, 5.41) is 27.5. The van der Waals surface area contributed by atoms with Crippen LogP contribution in [0.3, 0.4) is 0 Å². The fraction of sp³-hybridized carbons (Fsp3) is 1.00. The van der Waals surface area contributed by atoms with Gasteiger partial charge in [-0.2, -0.15) is 0 Å². The molecule has 8 rings (SSSR count). The maximum atomic E-state index is 12.5. The Morgan fingerprint density at radius 1 is 1.04 bits per heavy atom. The SMILES string of the molecule is C[C@@H]1C[C@H]([C@H](N=[N+]=[N-])C(C)(C)O)O[C@H]2[C@H]1[C@@]1(C)CCC34C[C@@]35CC[C@H](O[C@H]3CN(C6COC6)CCO3)C(C)(C)[C@@H]5CC[C@H]4[C@]1(C)[C@H]2O. The van der Waals surface area contributed by atoms with Crippen molar-refractivity contribution in [3.8, 4) is 0 Å². The lowest BCUT2D eigenvalue weighted by Crippen LogP contribution is -2.60. The van der Waals surface area contributed by atoms with Gasteiger partial charge in [-0.25, -0.2) is 0 Å². The van der Waals surface area contributed by atoms with Crippen LogP contribution in [-0.2, 0) is 18.9 Å². The Morgan fingerprint density at radius 3 is 2.45 bits per heavy atom. The lowest BCUT2D eigenvalue weighted by Gasteiger charge is -2.64. The fourth-order valence-electron chi connectivity index (χ4n) is 14.2. The van der Waals surface area contributed by atoms with Gasteiger partial charge in [0.25, 0.3) is 0 Å². The molecule has 47 heavy (non-hydrogen) atoms. The van der Waals surface area contributed by atoms with Gasteiger partial charge in [-0.1, -0.05) is 39.7 Å². The Labute approximate surface area is 281 Å². The predicted octanol–water partition coefficient (Wildman–Crippen LogP) is 5.69. The molecular formula is C37H60N4O6. The first-order chi connectivity index (χ1) is 22.1. The van der Waals surface area contributed by atoms with Crippen LogP contribution in [0.4, 0.5) is 0 Å². The highest BCUT2D eigenvalue weighted by Gasteiger charge is 2.84. The lowest BCUT2D eigenvalue weighted by molar-refractivity contribution is -0.256. The maximum Gasteiger partial charge on any atom is 0.170 e. The van der Waals surface area contributed by atoms with Crippen LogP contribution in [0.5, 0.6) is 0 Å². The van der Waals surface area contributed by atoms with Crippen molar-refractivity contribution in [2.45, 2.75) is 148 Å². The van der Waals surface area contributed by atoms with Gasteiger partial charge in [0.05, 0.1) is 68.5 Å². The van der Waals surface area contributed by atoms with Gasteiger partial charge in [0.15, 0.2) is 6.29 Å². The summed E-state index contributed by atoms with van der Waals surface area (Å²) in [7, 11) is 0. The number of aliphatic hydroxyl groups is 2. The summed E-state index contributed by atoms with van der Waals surface area (Å²) in [6, 6.07) is -0.190. The zero-order valence-electron chi connectivity index (χ0n) is 29.9. The maximum absolute atomic E-state index is 12.5. The van der Waals surface area contributed by atoms with Crippen LogP contribution in [0, 0.1) is 50.7 Å². The van der Waals surface area contributed by atoms with Crippen LogP contribution >= 0.6 is 0 Å². The zero-order chi connectivity index (χ0) is 33.4. The topological polar surface area (TPSA) is 129 Å². The van der Waals surface area contributed by atoms with Crippen LogP contribution in [0.25, 0.3) is 10.4 Å². The quantitative estimate of drug-likeness (QED) is 0.213. The van der Waals surface area contributed by atoms with Crippen molar-refractivity contribution < 1.29 is 29.2 Å². The van der Waals surface area contributed by atoms with Crippen LogP contribution in [0.2, 0.25) is 0 Å². The summed E-state index contributed by atoms with van der Waals surface area (Å²) in [5.41, 5.74) is 8.48. The summed E-state index contributed by atoms with van der Waals surface area (Å²) in [6.07, 6.45) is 7.66. The first-order valence-electron chi connectivity index (χ1n) is 18.8. The Kier molecular flexibility index (Phi) is 7.61. The normalized spacial score (nSPS) is 52.8. The average Bonchev–Trinajstić information content (AvgIpc) is 3.61. The van der Waals surface area contributed by atoms with Crippen molar-refractivity contribution in [3.05, 3.63) is 10.4 Å². The van der Waals surface area contributed by atoms with E-state index in [-0.39, 0.29) is 46.1 Å². The van der Waals surface area contributed by atoms with Crippen molar-refractivity contribution in [2.24, 2.45) is 55.9 Å². The van der Waals surface area contributed by atoms with Gasteiger partial charge in [-0.15, -0.1) is 0 Å². The van der Waals surface area contributed by atoms with E-state index in [1.807, 2.05) is 0 Å². The molecule has 5 saturated carbocycles. The highest BCUT2D eigenvalue weighted by molar-refractivity contribution is 5.33. The summed E-state index contributed by atoms with van der Waals surface area (Å²) >= 11 is 0. The first kappa shape index (κ1) is 33.2. The monoisotopic (exact) mass is 656 g/mol. The summed E-state index contributed by atoms with van der Waals surface area (Å²) in [6.45, 7) is 19.7. The molecule has 5 aliphatic carbocycles. The Morgan fingerprint density at radius 2 is 1.77 bits per heavy atom. The van der Waals surface area contributed by atoms with Crippen molar-refractivity contribution >= 4 is 0 Å². The van der Waals surface area contributed by atoms with Gasteiger partial charge >= 0.3 is 0 Å². The van der Waals surface area contributed by atoms with Crippen LogP contribution < -0.4 is 0 Å². The second kappa shape index (κ2) is 10.8. The molecule has 3 aliphatic heterocycles. The standard InChI is InChI=1S/C37H60N4O6/c1-21-16-23(30(39-40-38)33(4,5)43)46-29-28(21)34(6)12-13-37-20-36(37)11-10-26(47-27-17-41(14-15-45-27)22-18-44-19-22)32(2,3)24(36)8-9-25(37)35(34,7)31(29)42/h21-31,42-43H,8-20H2,1-7H3/t21-,23-,24+,25+,26+,27+,28+,29+,30+,31+,34-,35-,36-,37?/m1/s1. The van der Waals surface area contributed by atoms with Crippen molar-refractivity contribution in [1.29, 1.82) is 0 Å². The van der Waals surface area contributed by atoms with E-state index in [4.69, 9.17) is 18.9 Å². The molecule has 3 heterocycles. The van der Waals surface area contributed by atoms with Crippen molar-refractivity contribution in [2.75, 3.05) is 32.9 Å². The van der Waals surface area contributed by atoms with Crippen LogP contribution in [-0.4, -0.2) is 96.4 Å². The Balaban J connectivity index is 1.03. The second-order valence-electron chi connectivity index (χ2n) is 19.0. The molecule has 2 N–H and O–H groups in total. The molecule has 0 aromatic rings. The second-order valence-corrected chi connectivity index (χ2v) is 19.0. The van der Waals surface area contributed by atoms with Crippen LogP contribution in [0.15, 0.2) is 5.11 Å². The van der Waals surface area contributed by atoms with Crippen LogP contribution in [0.1, 0.15) is 99.8 Å². The van der Waals surface area contributed by atoms with Crippen molar-refractivity contribution in [1.82, 2.24) is 4.90 Å². The third kappa shape index (κ3) is 4.38. The minimum atomic E-state index is -1.21. The smallest absolute Gasteiger partial charge is 0.170 e. The number of hydrogen-bond donors (Lipinski definition) is 2. The van der Waals surface area contributed by atoms with E-state index in [9.17, 15) is 15.7 Å². The summed E-state index contributed by atoms with van der Waals surface area (Å²) in [5.74, 6) is 1.59. The van der Waals surface area contributed by atoms with Gasteiger partial charge in [0.1, 0.15) is 0 Å². The first-order valence-corrected chi connectivity index (χ1v) is 18.8. The van der Waals surface area contributed by atoms with Gasteiger partial charge in [-0.3, -0.25) is 4.90 Å². The highest BCUT2D eigenvalue weighted by atomic mass is 16.7. The van der Waals surface area contributed by atoms with Gasteiger partial charge in [-0.05, 0) is 116 Å². The summed E-state index contributed by atoms with van der Waals surface area (Å²) < 4.78 is 25.4. The number of rotatable bonds is 6. The average molecular weight is 657 g/mol. The highest BCUT2D eigenvalue weighted by Crippen LogP contribution is 2.89. The third-order valence-electron chi connectivity index (χ3n) is 16.5. The molecule has 264 valence electrons. The minimum absolute atomic E-state index is 0.0395. The molecule has 2 spiro atoms. The van der Waals surface area contributed by atoms with E-state index < -0.39 is 23.9 Å². The van der Waals surface area contributed by atoms with E-state index in [1.54, 1.807) is 13.8 Å². The fourth-order valence-corrected chi connectivity index (χ4v) is 14.2. The number of morpholine rings is 1. The van der Waals surface area contributed by atoms with E-state index in [0.717, 1.165) is 58.6 Å². The molecule has 0 amide bonds. The largest absolute Gasteiger partial charge is 0.390 e. The molecule has 0 aromatic heterocycles. The Bertz CT molecular complexity index is 1300. The lowest BCUT2D eigenvalue weighted by atomic mass is 9.41. The molecular weight excluding hydrogens is 596 g/mol. The third-order valence-corrected chi connectivity index (χ3v) is 16.5. The predicted molar refractivity (Wildman–Crippen MR) is 176 cm³/mol. The molecule has 0 bridgehead atoms. The van der Waals surface area contributed by atoms with Gasteiger partial charge < -0.3 is 29.2 Å². The Hall–Kier alpha value is -0.970. The van der Waals surface area contributed by atoms with Gasteiger partial charge in [0, 0.05) is 16.9 Å². The number of fused-ring (bicyclic) bond motifs is 4. The molecule has 10 heteroatoms. The van der Waals surface area contributed by atoms with E-state index in [1.165, 1.54) is 25.7 Å². The molecule has 8 fully saturated rings. The number of ether oxygens (including phenoxy) is 4. The van der Waals surface area contributed by atoms with E-state index in [2.05, 4.69) is 49.5 Å². The van der Waals surface area contributed by atoms with Gasteiger partial charge in [0.2, 0.25) is 0 Å². The molecule has 0 radical (unpaired) electrons. The molecule has 8 aliphatic rings. The molecule has 14 atom stereocenters. The summed E-state index contributed by atoms with van der Waals surface area (Å²) in [4.78, 5) is 5.57. The number of hydrogen-bond acceptors (Lipinski definition) is 8. The van der Waals surface area contributed by atoms with Crippen molar-refractivity contribution in [3.63, 3.8) is 0 Å². The zero-order valence-corrected chi connectivity index (χ0v) is 29.9. The molecule has 3 saturated heterocycles. The minimum Gasteiger partial charge on any atom is -0.390 e. The number of aliphatic hydroxyl groups excluding tert-OH is 1. The van der Waals surface area contributed by atoms with E-state index >= 15 is 0 Å².